The van der Waals surface area contributed by atoms with Crippen LogP contribution in [0.25, 0.3) is 0 Å². The first-order valence-electron chi connectivity index (χ1n) is 14.2. The average Bonchev–Trinajstić information content (AvgIpc) is 2.83. The zero-order chi connectivity index (χ0) is 24.4. The van der Waals surface area contributed by atoms with Gasteiger partial charge in [0.25, 0.3) is 0 Å². The van der Waals surface area contributed by atoms with E-state index in [9.17, 15) is 0 Å². The number of nitrogens with zero attached hydrogens (tertiary/aromatic N) is 5. The molecule has 0 radical (unpaired) electrons. The van der Waals surface area contributed by atoms with E-state index in [1.165, 1.54) is 89.9 Å². The molecule has 0 aromatic carbocycles. The standard InChI is InChI=1S/C27H44ClN5O2/c28-25-29-26(34-32-23-19-15-11-7-3-1-4-8-12-16-20-23)31-27(30-25)35-33-24-21-17-13-9-5-2-6-10-14-18-22-24/h1-22H2. The molecule has 0 unspecified atom stereocenters. The van der Waals surface area contributed by atoms with Crippen molar-refractivity contribution in [1.29, 1.82) is 0 Å². The second-order valence-corrected chi connectivity index (χ2v) is 10.4. The second kappa shape index (κ2) is 17.6. The molecule has 1 heterocycles. The molecule has 0 N–H and O–H groups in total. The Labute approximate surface area is 216 Å². The first-order valence-corrected chi connectivity index (χ1v) is 14.5. The minimum Gasteiger partial charge on any atom is -0.315 e. The summed E-state index contributed by atoms with van der Waals surface area (Å²) in [6.07, 6.45) is 26.7. The van der Waals surface area contributed by atoms with Crippen LogP contribution in [0.1, 0.15) is 141 Å². The molecule has 0 bridgehead atoms. The lowest BCUT2D eigenvalue weighted by Crippen LogP contribution is -2.06. The lowest BCUT2D eigenvalue weighted by Gasteiger charge is -2.09. The maximum atomic E-state index is 6.12. The molecule has 8 heteroatoms. The van der Waals surface area contributed by atoms with Gasteiger partial charge in [-0.15, -0.1) is 4.98 Å². The van der Waals surface area contributed by atoms with Crippen molar-refractivity contribution >= 4 is 23.0 Å². The molecule has 0 amide bonds. The van der Waals surface area contributed by atoms with Crippen molar-refractivity contribution in [2.45, 2.75) is 141 Å². The topological polar surface area (TPSA) is 81.9 Å². The SMILES string of the molecule is Clc1nc(ON=C2CCCCCCCCCCC2)nc(ON=C2CCCCCCCCCCC2)n1. The van der Waals surface area contributed by atoms with Crippen molar-refractivity contribution in [3.05, 3.63) is 5.28 Å². The third-order valence-corrected chi connectivity index (χ3v) is 7.11. The predicted octanol–water partition coefficient (Wildman–Crippen LogP) is 8.60. The van der Waals surface area contributed by atoms with Crippen molar-refractivity contribution in [2.75, 3.05) is 0 Å². The molecule has 2 fully saturated rings. The molecular weight excluding hydrogens is 462 g/mol. The quantitative estimate of drug-likeness (QED) is 0.382. The molecular formula is C27H44ClN5O2. The predicted molar refractivity (Wildman–Crippen MR) is 143 cm³/mol. The van der Waals surface area contributed by atoms with Crippen molar-refractivity contribution in [3.8, 4) is 12.0 Å². The van der Waals surface area contributed by atoms with Gasteiger partial charge in [0.2, 0.25) is 5.28 Å². The Hall–Kier alpha value is -1.76. The molecule has 2 aliphatic carbocycles. The van der Waals surface area contributed by atoms with Gasteiger partial charge in [0.1, 0.15) is 0 Å². The molecule has 3 rings (SSSR count). The maximum Gasteiger partial charge on any atom is 0.353 e. The molecule has 7 nitrogen and oxygen atoms in total. The van der Waals surface area contributed by atoms with Crippen LogP contribution in [0.15, 0.2) is 10.3 Å². The summed E-state index contributed by atoms with van der Waals surface area (Å²) in [7, 11) is 0. The highest BCUT2D eigenvalue weighted by atomic mass is 35.5. The van der Waals surface area contributed by atoms with Crippen LogP contribution in [-0.4, -0.2) is 26.4 Å². The van der Waals surface area contributed by atoms with E-state index < -0.39 is 0 Å². The normalized spacial score (nSPS) is 20.4. The van der Waals surface area contributed by atoms with Crippen LogP contribution >= 0.6 is 11.6 Å². The van der Waals surface area contributed by atoms with Gasteiger partial charge in [-0.1, -0.05) is 100 Å². The molecule has 0 aliphatic heterocycles. The molecule has 0 saturated heterocycles. The Balaban J connectivity index is 1.57. The van der Waals surface area contributed by atoms with E-state index in [1.54, 1.807) is 0 Å². The van der Waals surface area contributed by atoms with E-state index in [4.69, 9.17) is 21.3 Å². The summed E-state index contributed by atoms with van der Waals surface area (Å²) >= 11 is 6.12. The van der Waals surface area contributed by atoms with E-state index >= 15 is 0 Å². The number of hydrogen-bond acceptors (Lipinski definition) is 7. The minimum absolute atomic E-state index is 0.0165. The van der Waals surface area contributed by atoms with Gasteiger partial charge >= 0.3 is 12.0 Å². The summed E-state index contributed by atoms with van der Waals surface area (Å²) in [6, 6.07) is 0.106. The lowest BCUT2D eigenvalue weighted by molar-refractivity contribution is 0.276. The number of oxime groups is 2. The highest BCUT2D eigenvalue weighted by molar-refractivity contribution is 6.28. The van der Waals surface area contributed by atoms with E-state index in [-0.39, 0.29) is 17.3 Å². The van der Waals surface area contributed by atoms with E-state index in [2.05, 4.69) is 25.3 Å². The zero-order valence-electron chi connectivity index (χ0n) is 21.5. The van der Waals surface area contributed by atoms with Gasteiger partial charge in [0.05, 0.1) is 11.4 Å². The molecule has 1 aromatic rings. The zero-order valence-corrected chi connectivity index (χ0v) is 22.2. The van der Waals surface area contributed by atoms with E-state index in [1.807, 2.05) is 0 Å². The minimum atomic E-state index is 0.0165. The average molecular weight is 506 g/mol. The summed E-state index contributed by atoms with van der Waals surface area (Å²) in [4.78, 5) is 23.6. The van der Waals surface area contributed by atoms with Gasteiger partial charge in [0, 0.05) is 0 Å². The monoisotopic (exact) mass is 505 g/mol. The summed E-state index contributed by atoms with van der Waals surface area (Å²) in [5, 5.41) is 8.79. The summed E-state index contributed by atoms with van der Waals surface area (Å²) in [5.41, 5.74) is 2.14. The maximum absolute atomic E-state index is 6.12. The summed E-state index contributed by atoms with van der Waals surface area (Å²) < 4.78 is 0. The molecule has 1 aromatic heterocycles. The highest BCUT2D eigenvalue weighted by Crippen LogP contribution is 2.19. The Morgan fingerprint density at radius 3 is 1.03 bits per heavy atom. The van der Waals surface area contributed by atoms with Gasteiger partial charge in [-0.3, -0.25) is 0 Å². The van der Waals surface area contributed by atoms with Crippen LogP contribution in [0, 0.1) is 0 Å². The second-order valence-electron chi connectivity index (χ2n) is 10.0. The highest BCUT2D eigenvalue weighted by Gasteiger charge is 2.11. The van der Waals surface area contributed by atoms with E-state index in [0.29, 0.717) is 0 Å². The Bertz CT molecular complexity index is 699. The van der Waals surface area contributed by atoms with E-state index in [0.717, 1.165) is 62.8 Å². The number of halogens is 1. The summed E-state index contributed by atoms with van der Waals surface area (Å²) in [6.45, 7) is 0. The largest absolute Gasteiger partial charge is 0.353 e. The van der Waals surface area contributed by atoms with Gasteiger partial charge in [-0.05, 0) is 63.0 Å². The number of rotatable bonds is 4. The van der Waals surface area contributed by atoms with Gasteiger partial charge < -0.3 is 9.68 Å². The molecule has 196 valence electrons. The third kappa shape index (κ3) is 12.7. The van der Waals surface area contributed by atoms with Gasteiger partial charge in [-0.2, -0.15) is 9.97 Å². The summed E-state index contributed by atoms with van der Waals surface area (Å²) in [5.74, 6) is 0. The Morgan fingerprint density at radius 1 is 0.429 bits per heavy atom. The van der Waals surface area contributed by atoms with Crippen molar-refractivity contribution < 1.29 is 9.68 Å². The van der Waals surface area contributed by atoms with Gasteiger partial charge in [0.15, 0.2) is 0 Å². The van der Waals surface area contributed by atoms with Crippen molar-refractivity contribution in [3.63, 3.8) is 0 Å². The number of aromatic nitrogens is 3. The Kier molecular flexibility index (Phi) is 14.0. The van der Waals surface area contributed by atoms with Gasteiger partial charge in [-0.25, -0.2) is 0 Å². The van der Waals surface area contributed by atoms with Crippen molar-refractivity contribution in [1.82, 2.24) is 15.0 Å². The van der Waals surface area contributed by atoms with Crippen LogP contribution in [0.5, 0.6) is 12.0 Å². The van der Waals surface area contributed by atoms with Crippen LogP contribution < -0.4 is 9.68 Å². The molecule has 2 aliphatic rings. The molecule has 0 spiro atoms. The first kappa shape index (κ1) is 27.8. The van der Waals surface area contributed by atoms with Crippen LogP contribution in [-0.2, 0) is 0 Å². The number of hydrogen-bond donors (Lipinski definition) is 0. The smallest absolute Gasteiger partial charge is 0.315 e. The Morgan fingerprint density at radius 2 is 0.714 bits per heavy atom. The molecule has 35 heavy (non-hydrogen) atoms. The lowest BCUT2D eigenvalue weighted by atomic mass is 10.00. The fourth-order valence-electron chi connectivity index (χ4n) is 4.83. The fourth-order valence-corrected chi connectivity index (χ4v) is 4.98. The van der Waals surface area contributed by atoms with Crippen LogP contribution in [0.2, 0.25) is 5.28 Å². The van der Waals surface area contributed by atoms with Crippen molar-refractivity contribution in [2.24, 2.45) is 10.3 Å². The van der Waals surface area contributed by atoms with Crippen LogP contribution in [0.4, 0.5) is 0 Å². The first-order chi connectivity index (χ1) is 17.3. The third-order valence-electron chi connectivity index (χ3n) is 6.94. The molecule has 2 saturated carbocycles. The molecule has 0 atom stereocenters. The fraction of sp³-hybridized carbons (Fsp3) is 0.815. The van der Waals surface area contributed by atoms with Crippen LogP contribution in [0.3, 0.4) is 0 Å².